The van der Waals surface area contributed by atoms with Crippen LogP contribution in [0.4, 0.5) is 0 Å². The second kappa shape index (κ2) is 5.07. The number of ether oxygens (including phenoxy) is 1. The van der Waals surface area contributed by atoms with Crippen LogP contribution in [-0.2, 0) is 0 Å². The highest BCUT2D eigenvalue weighted by Gasteiger charge is 2.02. The van der Waals surface area contributed by atoms with E-state index in [1.807, 2.05) is 6.92 Å². The van der Waals surface area contributed by atoms with Gasteiger partial charge in [-0.15, -0.1) is 0 Å². The summed E-state index contributed by atoms with van der Waals surface area (Å²) in [6.45, 7) is 1.84. The van der Waals surface area contributed by atoms with E-state index in [1.54, 1.807) is 43.7 Å². The molecule has 74 valence electrons. The highest BCUT2D eigenvalue weighted by molar-refractivity contribution is 5.94. The third-order valence-electron chi connectivity index (χ3n) is 1.73. The van der Waals surface area contributed by atoms with Gasteiger partial charge in [0.25, 0.3) is 5.91 Å². The van der Waals surface area contributed by atoms with Crippen molar-refractivity contribution in [2.24, 2.45) is 0 Å². The second-order valence-electron chi connectivity index (χ2n) is 2.70. The van der Waals surface area contributed by atoms with Gasteiger partial charge in [-0.05, 0) is 37.4 Å². The number of carbonyl (C=O) groups excluding carboxylic acids is 1. The van der Waals surface area contributed by atoms with Crippen LogP contribution in [0.25, 0.3) is 0 Å². The van der Waals surface area contributed by atoms with E-state index in [0.29, 0.717) is 5.56 Å². The predicted octanol–water partition coefficient (Wildman–Crippen LogP) is 1.96. The van der Waals surface area contributed by atoms with Crippen LogP contribution in [0.5, 0.6) is 5.75 Å². The molecule has 0 aliphatic rings. The molecule has 0 aromatic heterocycles. The fraction of sp³-hybridized carbons (Fsp3) is 0.182. The summed E-state index contributed by atoms with van der Waals surface area (Å²) in [5.74, 6) is 0.623. The summed E-state index contributed by atoms with van der Waals surface area (Å²) in [7, 11) is 1.59. The quantitative estimate of drug-likeness (QED) is 0.793. The molecule has 3 nitrogen and oxygen atoms in total. The lowest BCUT2D eigenvalue weighted by Crippen LogP contribution is -2.16. The van der Waals surface area contributed by atoms with Crippen LogP contribution in [0.1, 0.15) is 17.3 Å². The number of hydrogen-bond donors (Lipinski definition) is 1. The molecule has 1 amide bonds. The van der Waals surface area contributed by atoms with Gasteiger partial charge in [-0.2, -0.15) is 0 Å². The molecular weight excluding hydrogens is 178 g/mol. The van der Waals surface area contributed by atoms with Crippen molar-refractivity contribution in [2.45, 2.75) is 6.92 Å². The van der Waals surface area contributed by atoms with E-state index in [1.165, 1.54) is 0 Å². The molecule has 1 aromatic rings. The first-order valence-corrected chi connectivity index (χ1v) is 4.34. The highest BCUT2D eigenvalue weighted by atomic mass is 16.5. The molecule has 1 N–H and O–H groups in total. The third-order valence-corrected chi connectivity index (χ3v) is 1.73. The highest BCUT2D eigenvalue weighted by Crippen LogP contribution is 2.10. The first kappa shape index (κ1) is 10.3. The maximum absolute atomic E-state index is 11.4. The molecule has 3 heteroatoms. The van der Waals surface area contributed by atoms with E-state index < -0.39 is 0 Å². The molecule has 0 aliphatic carbocycles. The maximum atomic E-state index is 11.4. The molecule has 0 spiro atoms. The van der Waals surface area contributed by atoms with Gasteiger partial charge in [0.05, 0.1) is 7.11 Å². The fourth-order valence-electron chi connectivity index (χ4n) is 0.985. The molecule has 0 bridgehead atoms. The van der Waals surface area contributed by atoms with E-state index in [-0.39, 0.29) is 5.91 Å². The molecular formula is C11H13NO2. The van der Waals surface area contributed by atoms with Crippen molar-refractivity contribution < 1.29 is 9.53 Å². The molecule has 1 rings (SSSR count). The van der Waals surface area contributed by atoms with E-state index in [4.69, 9.17) is 4.74 Å². The number of allylic oxidation sites excluding steroid dienone is 1. The minimum Gasteiger partial charge on any atom is -0.497 e. The van der Waals surface area contributed by atoms with Gasteiger partial charge in [0.2, 0.25) is 0 Å². The Morgan fingerprint density at radius 1 is 1.36 bits per heavy atom. The number of hydrogen-bond acceptors (Lipinski definition) is 2. The third kappa shape index (κ3) is 2.62. The summed E-state index contributed by atoms with van der Waals surface area (Å²) < 4.78 is 4.98. The first-order chi connectivity index (χ1) is 6.77. The lowest BCUT2D eigenvalue weighted by atomic mass is 10.2. The summed E-state index contributed by atoms with van der Waals surface area (Å²) in [4.78, 5) is 11.4. The van der Waals surface area contributed by atoms with Crippen molar-refractivity contribution >= 4 is 5.91 Å². The topological polar surface area (TPSA) is 38.3 Å². The Labute approximate surface area is 83.4 Å². The van der Waals surface area contributed by atoms with Crippen molar-refractivity contribution in [2.75, 3.05) is 7.11 Å². The number of amides is 1. The molecule has 1 aromatic carbocycles. The zero-order chi connectivity index (χ0) is 10.4. The van der Waals surface area contributed by atoms with Crippen LogP contribution < -0.4 is 10.1 Å². The van der Waals surface area contributed by atoms with Crippen molar-refractivity contribution in [3.63, 3.8) is 0 Å². The average molecular weight is 191 g/mol. The summed E-state index contributed by atoms with van der Waals surface area (Å²) in [6.07, 6.45) is 3.37. The lowest BCUT2D eigenvalue weighted by Gasteiger charge is -2.01. The van der Waals surface area contributed by atoms with Gasteiger partial charge in [0, 0.05) is 5.56 Å². The SMILES string of the molecule is C/C=C\NC(=O)c1ccc(OC)cc1. The Bertz CT molecular complexity index is 328. The fourth-order valence-corrected chi connectivity index (χ4v) is 0.985. The van der Waals surface area contributed by atoms with E-state index in [0.717, 1.165) is 5.75 Å². The van der Waals surface area contributed by atoms with Crippen LogP contribution in [0.2, 0.25) is 0 Å². The van der Waals surface area contributed by atoms with Gasteiger partial charge in [0.15, 0.2) is 0 Å². The van der Waals surface area contributed by atoms with Gasteiger partial charge >= 0.3 is 0 Å². The predicted molar refractivity (Wildman–Crippen MR) is 55.3 cm³/mol. The molecule has 0 aliphatic heterocycles. The van der Waals surface area contributed by atoms with Gasteiger partial charge in [-0.3, -0.25) is 4.79 Å². The standard InChI is InChI=1S/C11H13NO2/c1-3-8-12-11(13)9-4-6-10(14-2)7-5-9/h3-8H,1-2H3,(H,12,13)/b8-3-. The van der Waals surface area contributed by atoms with E-state index in [9.17, 15) is 4.79 Å². The van der Waals surface area contributed by atoms with Gasteiger partial charge in [-0.1, -0.05) is 6.08 Å². The van der Waals surface area contributed by atoms with Crippen LogP contribution in [-0.4, -0.2) is 13.0 Å². The summed E-state index contributed by atoms with van der Waals surface area (Å²) in [5, 5.41) is 2.63. The normalized spacial score (nSPS) is 10.1. The second-order valence-corrected chi connectivity index (χ2v) is 2.70. The number of benzene rings is 1. The Morgan fingerprint density at radius 2 is 2.00 bits per heavy atom. The Morgan fingerprint density at radius 3 is 2.50 bits per heavy atom. The molecule has 0 fully saturated rings. The van der Waals surface area contributed by atoms with Gasteiger partial charge in [0.1, 0.15) is 5.75 Å². The summed E-state index contributed by atoms with van der Waals surface area (Å²) >= 11 is 0. The Balaban J connectivity index is 2.71. The zero-order valence-electron chi connectivity index (χ0n) is 8.28. The molecule has 14 heavy (non-hydrogen) atoms. The largest absolute Gasteiger partial charge is 0.497 e. The van der Waals surface area contributed by atoms with Gasteiger partial charge in [-0.25, -0.2) is 0 Å². The smallest absolute Gasteiger partial charge is 0.255 e. The molecule has 0 atom stereocenters. The molecule has 0 unspecified atom stereocenters. The summed E-state index contributed by atoms with van der Waals surface area (Å²) in [5.41, 5.74) is 0.615. The van der Waals surface area contributed by atoms with Crippen molar-refractivity contribution in [3.8, 4) is 5.75 Å². The zero-order valence-corrected chi connectivity index (χ0v) is 8.28. The van der Waals surface area contributed by atoms with Crippen molar-refractivity contribution in [1.82, 2.24) is 5.32 Å². The van der Waals surface area contributed by atoms with Crippen molar-refractivity contribution in [3.05, 3.63) is 42.1 Å². The van der Waals surface area contributed by atoms with Crippen LogP contribution in [0.15, 0.2) is 36.5 Å². The molecule has 0 saturated carbocycles. The van der Waals surface area contributed by atoms with E-state index >= 15 is 0 Å². The number of nitrogens with one attached hydrogen (secondary N) is 1. The van der Waals surface area contributed by atoms with Gasteiger partial charge < -0.3 is 10.1 Å². The molecule has 0 heterocycles. The van der Waals surface area contributed by atoms with Crippen molar-refractivity contribution in [1.29, 1.82) is 0 Å². The number of rotatable bonds is 3. The molecule has 0 radical (unpaired) electrons. The number of methoxy groups -OCH3 is 1. The Hall–Kier alpha value is -1.77. The van der Waals surface area contributed by atoms with Crippen LogP contribution in [0.3, 0.4) is 0 Å². The minimum absolute atomic E-state index is 0.120. The summed E-state index contributed by atoms with van der Waals surface area (Å²) in [6, 6.07) is 6.95. The van der Waals surface area contributed by atoms with Crippen LogP contribution in [0, 0.1) is 0 Å². The average Bonchev–Trinajstić information content (AvgIpc) is 2.26. The monoisotopic (exact) mass is 191 g/mol. The van der Waals surface area contributed by atoms with Crippen LogP contribution >= 0.6 is 0 Å². The number of carbonyl (C=O) groups is 1. The lowest BCUT2D eigenvalue weighted by molar-refractivity contribution is 0.0970. The minimum atomic E-state index is -0.120. The Kier molecular flexibility index (Phi) is 3.73. The van der Waals surface area contributed by atoms with E-state index in [2.05, 4.69) is 5.32 Å². The molecule has 0 saturated heterocycles. The first-order valence-electron chi connectivity index (χ1n) is 4.34. The maximum Gasteiger partial charge on any atom is 0.255 e.